The van der Waals surface area contributed by atoms with Crippen molar-refractivity contribution in [1.29, 1.82) is 0 Å². The number of pyridine rings is 1. The Morgan fingerprint density at radius 2 is 1.94 bits per heavy atom. The molecular weight excluding hydrogens is 210 g/mol. The molecule has 0 saturated heterocycles. The highest BCUT2D eigenvalue weighted by atomic mass is 16.3. The first kappa shape index (κ1) is 12.6. The van der Waals surface area contributed by atoms with E-state index in [-0.39, 0.29) is 6.10 Å². The first-order valence-corrected chi connectivity index (χ1v) is 6.85. The van der Waals surface area contributed by atoms with E-state index in [2.05, 4.69) is 11.1 Å². The molecule has 1 atom stereocenters. The third-order valence-electron chi connectivity index (χ3n) is 3.83. The Labute approximate surface area is 104 Å². The van der Waals surface area contributed by atoms with Crippen LogP contribution in [-0.4, -0.2) is 16.2 Å². The lowest BCUT2D eigenvalue weighted by Crippen LogP contribution is -2.22. The highest BCUT2D eigenvalue weighted by molar-refractivity contribution is 5.12. The summed E-state index contributed by atoms with van der Waals surface area (Å²) in [4.78, 5) is 4.38. The smallest absolute Gasteiger partial charge is 0.0623 e. The maximum Gasteiger partial charge on any atom is 0.0623 e. The topological polar surface area (TPSA) is 33.1 Å². The van der Waals surface area contributed by atoms with Crippen molar-refractivity contribution < 1.29 is 5.11 Å². The van der Waals surface area contributed by atoms with Gasteiger partial charge in [-0.05, 0) is 37.3 Å². The second-order valence-electron chi connectivity index (χ2n) is 5.35. The molecule has 0 spiro atoms. The lowest BCUT2D eigenvalue weighted by atomic mass is 9.91. The quantitative estimate of drug-likeness (QED) is 0.813. The van der Waals surface area contributed by atoms with Crippen LogP contribution in [0.1, 0.15) is 49.8 Å². The first-order valence-electron chi connectivity index (χ1n) is 6.85. The van der Waals surface area contributed by atoms with E-state index in [1.807, 2.05) is 19.2 Å². The van der Waals surface area contributed by atoms with E-state index >= 15 is 0 Å². The predicted octanol–water partition coefficient (Wildman–Crippen LogP) is 3.26. The highest BCUT2D eigenvalue weighted by Gasteiger charge is 2.21. The Morgan fingerprint density at radius 3 is 2.53 bits per heavy atom. The molecule has 0 aromatic carbocycles. The first-order chi connectivity index (χ1) is 8.25. The maximum atomic E-state index is 10.3. The van der Waals surface area contributed by atoms with E-state index in [0.717, 1.165) is 5.69 Å². The second kappa shape index (κ2) is 6.15. The van der Waals surface area contributed by atoms with Crippen LogP contribution in [0.2, 0.25) is 0 Å². The van der Waals surface area contributed by atoms with E-state index in [1.165, 1.54) is 44.1 Å². The Morgan fingerprint density at radius 1 is 1.24 bits per heavy atom. The summed E-state index contributed by atoms with van der Waals surface area (Å²) in [5, 5.41) is 10.3. The van der Waals surface area contributed by atoms with Gasteiger partial charge < -0.3 is 5.11 Å². The number of aliphatic hydroxyl groups excluding tert-OH is 1. The third kappa shape index (κ3) is 3.81. The molecule has 94 valence electrons. The third-order valence-corrected chi connectivity index (χ3v) is 3.83. The van der Waals surface area contributed by atoms with Gasteiger partial charge in [-0.15, -0.1) is 0 Å². The Kier molecular flexibility index (Phi) is 4.55. The van der Waals surface area contributed by atoms with Gasteiger partial charge in [-0.1, -0.05) is 31.7 Å². The van der Waals surface area contributed by atoms with E-state index in [1.54, 1.807) is 0 Å². The van der Waals surface area contributed by atoms with Gasteiger partial charge in [0.25, 0.3) is 0 Å². The van der Waals surface area contributed by atoms with E-state index < -0.39 is 0 Å². The maximum absolute atomic E-state index is 10.3. The summed E-state index contributed by atoms with van der Waals surface area (Å²) in [7, 11) is 0. The molecule has 0 amide bonds. The largest absolute Gasteiger partial charge is 0.392 e. The van der Waals surface area contributed by atoms with Crippen LogP contribution >= 0.6 is 0 Å². The minimum Gasteiger partial charge on any atom is -0.392 e. The molecule has 0 radical (unpaired) electrons. The lowest BCUT2D eigenvalue weighted by Gasteiger charge is -2.20. The van der Waals surface area contributed by atoms with Crippen LogP contribution in [0.3, 0.4) is 0 Å². The van der Waals surface area contributed by atoms with E-state index in [0.29, 0.717) is 12.3 Å². The van der Waals surface area contributed by atoms with Gasteiger partial charge in [0.05, 0.1) is 6.10 Å². The molecule has 0 aliphatic heterocycles. The fraction of sp³-hybridized carbons (Fsp3) is 0.667. The normalized spacial score (nSPS) is 19.9. The van der Waals surface area contributed by atoms with Crippen LogP contribution in [0.4, 0.5) is 0 Å². The second-order valence-corrected chi connectivity index (χ2v) is 5.35. The van der Waals surface area contributed by atoms with Gasteiger partial charge in [0.15, 0.2) is 0 Å². The van der Waals surface area contributed by atoms with Gasteiger partial charge in [0, 0.05) is 18.3 Å². The SMILES string of the molecule is Cc1ccc(CC(O)C2CCCCCC2)nc1. The van der Waals surface area contributed by atoms with Crippen molar-refractivity contribution in [2.24, 2.45) is 5.92 Å². The number of aliphatic hydroxyl groups is 1. The Bertz CT molecular complexity index is 325. The number of nitrogens with zero attached hydrogens (tertiary/aromatic N) is 1. The molecule has 2 heteroatoms. The summed E-state index contributed by atoms with van der Waals surface area (Å²) < 4.78 is 0. The van der Waals surface area contributed by atoms with Crippen molar-refractivity contribution in [1.82, 2.24) is 4.98 Å². The van der Waals surface area contributed by atoms with Gasteiger partial charge in [-0.25, -0.2) is 0 Å². The van der Waals surface area contributed by atoms with Crippen LogP contribution in [-0.2, 0) is 6.42 Å². The zero-order valence-corrected chi connectivity index (χ0v) is 10.7. The minimum atomic E-state index is -0.205. The Balaban J connectivity index is 1.90. The molecule has 1 aliphatic rings. The molecule has 1 aromatic rings. The fourth-order valence-corrected chi connectivity index (χ4v) is 2.70. The van der Waals surface area contributed by atoms with Crippen LogP contribution in [0.25, 0.3) is 0 Å². The van der Waals surface area contributed by atoms with Crippen molar-refractivity contribution in [3.05, 3.63) is 29.6 Å². The van der Waals surface area contributed by atoms with Crippen molar-refractivity contribution in [2.75, 3.05) is 0 Å². The number of hydrogen-bond donors (Lipinski definition) is 1. The molecule has 1 aromatic heterocycles. The summed E-state index contributed by atoms with van der Waals surface area (Å²) >= 11 is 0. The van der Waals surface area contributed by atoms with Crippen molar-refractivity contribution in [3.8, 4) is 0 Å². The van der Waals surface area contributed by atoms with Gasteiger partial charge in [0.2, 0.25) is 0 Å². The lowest BCUT2D eigenvalue weighted by molar-refractivity contribution is 0.0977. The van der Waals surface area contributed by atoms with Gasteiger partial charge >= 0.3 is 0 Å². The van der Waals surface area contributed by atoms with Gasteiger partial charge in [-0.2, -0.15) is 0 Å². The molecule has 17 heavy (non-hydrogen) atoms. The van der Waals surface area contributed by atoms with Crippen molar-refractivity contribution in [2.45, 2.75) is 58.0 Å². The average Bonchev–Trinajstić information content (AvgIpc) is 2.61. The zero-order valence-electron chi connectivity index (χ0n) is 10.7. The van der Waals surface area contributed by atoms with Crippen LogP contribution < -0.4 is 0 Å². The molecule has 1 saturated carbocycles. The number of aromatic nitrogens is 1. The average molecular weight is 233 g/mol. The summed E-state index contributed by atoms with van der Waals surface area (Å²) in [6.07, 6.45) is 10.0. The van der Waals surface area contributed by atoms with Gasteiger partial charge in [-0.3, -0.25) is 4.98 Å². The van der Waals surface area contributed by atoms with Gasteiger partial charge in [0.1, 0.15) is 0 Å². The number of aryl methyl sites for hydroxylation is 1. The molecule has 0 bridgehead atoms. The summed E-state index contributed by atoms with van der Waals surface area (Å²) in [5.41, 5.74) is 2.20. The minimum absolute atomic E-state index is 0.205. The monoisotopic (exact) mass is 233 g/mol. The van der Waals surface area contributed by atoms with E-state index in [4.69, 9.17) is 0 Å². The molecule has 2 nitrogen and oxygen atoms in total. The molecule has 1 N–H and O–H groups in total. The molecule has 1 aliphatic carbocycles. The molecule has 1 fully saturated rings. The molecule has 1 heterocycles. The predicted molar refractivity (Wildman–Crippen MR) is 69.9 cm³/mol. The molecular formula is C15H23NO. The van der Waals surface area contributed by atoms with E-state index in [9.17, 15) is 5.11 Å². The standard InChI is InChI=1S/C15H23NO/c1-12-8-9-14(16-11-12)10-15(17)13-6-4-2-3-5-7-13/h8-9,11,13,15,17H,2-7,10H2,1H3. The van der Waals surface area contributed by atoms with Crippen molar-refractivity contribution >= 4 is 0 Å². The highest BCUT2D eigenvalue weighted by Crippen LogP contribution is 2.26. The molecule has 2 rings (SSSR count). The zero-order chi connectivity index (χ0) is 12.1. The fourth-order valence-electron chi connectivity index (χ4n) is 2.70. The molecule has 1 unspecified atom stereocenters. The summed E-state index contributed by atoms with van der Waals surface area (Å²) in [6.45, 7) is 2.04. The Hall–Kier alpha value is -0.890. The van der Waals surface area contributed by atoms with Crippen LogP contribution in [0.15, 0.2) is 18.3 Å². The summed E-state index contributed by atoms with van der Waals surface area (Å²) in [5.74, 6) is 0.487. The van der Waals surface area contributed by atoms with Crippen LogP contribution in [0.5, 0.6) is 0 Å². The number of rotatable bonds is 3. The van der Waals surface area contributed by atoms with Crippen LogP contribution in [0, 0.1) is 12.8 Å². The van der Waals surface area contributed by atoms with Crippen molar-refractivity contribution in [3.63, 3.8) is 0 Å². The number of hydrogen-bond acceptors (Lipinski definition) is 2. The summed E-state index contributed by atoms with van der Waals surface area (Å²) in [6, 6.07) is 4.11.